The Labute approximate surface area is 171 Å². The summed E-state index contributed by atoms with van der Waals surface area (Å²) in [5, 5.41) is 0.665. The molecule has 0 amide bonds. The summed E-state index contributed by atoms with van der Waals surface area (Å²) in [6, 6.07) is 7.45. The minimum absolute atomic E-state index is 0.252. The third-order valence-corrected chi connectivity index (χ3v) is 5.10. The standard InChI is InChI=1S/C22H26ClNO4/c1-5-10-26-21-15(2)16(3)24-17(4)20(21)13-25-14-22(27-11-12-28-22)18-6-8-19(23)9-7-18/h5-9H,1,10-14H2,2-4H3. The summed E-state index contributed by atoms with van der Waals surface area (Å²) in [5.74, 6) is -0.118. The van der Waals surface area contributed by atoms with Gasteiger partial charge in [0.1, 0.15) is 19.0 Å². The van der Waals surface area contributed by atoms with Crippen molar-refractivity contribution in [3.05, 3.63) is 70.0 Å². The first-order valence-corrected chi connectivity index (χ1v) is 9.66. The molecular weight excluding hydrogens is 378 g/mol. The van der Waals surface area contributed by atoms with E-state index in [2.05, 4.69) is 11.6 Å². The smallest absolute Gasteiger partial charge is 0.219 e. The van der Waals surface area contributed by atoms with E-state index in [9.17, 15) is 0 Å². The van der Waals surface area contributed by atoms with Crippen molar-refractivity contribution in [1.29, 1.82) is 0 Å². The first-order valence-electron chi connectivity index (χ1n) is 9.29. The van der Waals surface area contributed by atoms with Crippen LogP contribution < -0.4 is 4.74 Å². The lowest BCUT2D eigenvalue weighted by Gasteiger charge is -2.28. The van der Waals surface area contributed by atoms with E-state index in [1.807, 2.05) is 45.0 Å². The number of hydrogen-bond donors (Lipinski definition) is 0. The fourth-order valence-corrected chi connectivity index (χ4v) is 3.37. The van der Waals surface area contributed by atoms with Gasteiger partial charge in [-0.1, -0.05) is 36.4 Å². The van der Waals surface area contributed by atoms with Crippen LogP contribution in [0.4, 0.5) is 0 Å². The van der Waals surface area contributed by atoms with Gasteiger partial charge in [-0.3, -0.25) is 4.98 Å². The van der Waals surface area contributed by atoms with Crippen LogP contribution >= 0.6 is 11.6 Å². The van der Waals surface area contributed by atoms with Gasteiger partial charge in [0.2, 0.25) is 5.79 Å². The highest BCUT2D eigenvalue weighted by molar-refractivity contribution is 6.30. The molecule has 1 aliphatic rings. The van der Waals surface area contributed by atoms with E-state index in [-0.39, 0.29) is 6.61 Å². The average molecular weight is 404 g/mol. The van der Waals surface area contributed by atoms with Crippen molar-refractivity contribution >= 4 is 11.6 Å². The van der Waals surface area contributed by atoms with Gasteiger partial charge in [0.25, 0.3) is 0 Å². The first-order chi connectivity index (χ1) is 13.5. The van der Waals surface area contributed by atoms with Crippen molar-refractivity contribution in [3.63, 3.8) is 0 Å². The quantitative estimate of drug-likeness (QED) is 0.601. The molecule has 1 fully saturated rings. The Balaban J connectivity index is 1.78. The molecule has 0 unspecified atom stereocenters. The summed E-state index contributed by atoms with van der Waals surface area (Å²) in [6.45, 7) is 11.7. The van der Waals surface area contributed by atoms with Crippen molar-refractivity contribution in [1.82, 2.24) is 4.98 Å². The Morgan fingerprint density at radius 2 is 1.82 bits per heavy atom. The molecule has 0 radical (unpaired) electrons. The second-order valence-electron chi connectivity index (χ2n) is 6.76. The predicted octanol–water partition coefficient (Wildman–Crippen LogP) is 4.64. The maximum absolute atomic E-state index is 6.06. The lowest BCUT2D eigenvalue weighted by Crippen LogP contribution is -2.33. The van der Waals surface area contributed by atoms with Gasteiger partial charge in [0, 0.05) is 33.1 Å². The molecule has 1 aliphatic heterocycles. The Hall–Kier alpha value is -1.92. The van der Waals surface area contributed by atoms with Crippen LogP contribution in [0.3, 0.4) is 0 Å². The predicted molar refractivity (Wildman–Crippen MR) is 109 cm³/mol. The van der Waals surface area contributed by atoms with E-state index >= 15 is 0 Å². The first kappa shape index (κ1) is 20.8. The van der Waals surface area contributed by atoms with Crippen molar-refractivity contribution in [2.75, 3.05) is 26.4 Å². The van der Waals surface area contributed by atoms with Gasteiger partial charge < -0.3 is 18.9 Å². The highest BCUT2D eigenvalue weighted by atomic mass is 35.5. The van der Waals surface area contributed by atoms with E-state index in [4.69, 9.17) is 30.5 Å². The fraction of sp³-hybridized carbons (Fsp3) is 0.409. The van der Waals surface area contributed by atoms with Gasteiger partial charge in [-0.25, -0.2) is 0 Å². The Morgan fingerprint density at radius 1 is 1.14 bits per heavy atom. The lowest BCUT2D eigenvalue weighted by molar-refractivity contribution is -0.204. The van der Waals surface area contributed by atoms with Gasteiger partial charge in [-0.2, -0.15) is 0 Å². The molecule has 0 spiro atoms. The minimum atomic E-state index is -0.923. The summed E-state index contributed by atoms with van der Waals surface area (Å²) in [4.78, 5) is 4.61. The van der Waals surface area contributed by atoms with Crippen LogP contribution in [0.5, 0.6) is 5.75 Å². The van der Waals surface area contributed by atoms with Crippen LogP contribution in [-0.4, -0.2) is 31.4 Å². The topological polar surface area (TPSA) is 49.8 Å². The molecule has 6 heteroatoms. The number of aryl methyl sites for hydroxylation is 2. The summed E-state index contributed by atoms with van der Waals surface area (Å²) in [6.07, 6.45) is 1.73. The van der Waals surface area contributed by atoms with Gasteiger partial charge in [-0.15, -0.1) is 0 Å². The van der Waals surface area contributed by atoms with Crippen LogP contribution in [0.2, 0.25) is 5.02 Å². The molecule has 0 atom stereocenters. The van der Waals surface area contributed by atoms with Crippen molar-refractivity contribution in [3.8, 4) is 5.75 Å². The molecule has 1 aromatic carbocycles. The Morgan fingerprint density at radius 3 is 2.46 bits per heavy atom. The zero-order valence-electron chi connectivity index (χ0n) is 16.6. The second kappa shape index (κ2) is 9.05. The van der Waals surface area contributed by atoms with Gasteiger partial charge in [-0.05, 0) is 32.9 Å². The normalized spacial score (nSPS) is 15.6. The van der Waals surface area contributed by atoms with E-state index < -0.39 is 5.79 Å². The van der Waals surface area contributed by atoms with Crippen LogP contribution in [0.1, 0.15) is 28.1 Å². The zero-order valence-corrected chi connectivity index (χ0v) is 17.3. The van der Waals surface area contributed by atoms with Crippen LogP contribution in [0.25, 0.3) is 0 Å². The van der Waals surface area contributed by atoms with E-state index in [0.29, 0.717) is 31.5 Å². The highest BCUT2D eigenvalue weighted by Crippen LogP contribution is 2.34. The summed E-state index contributed by atoms with van der Waals surface area (Å²) in [7, 11) is 0. The number of hydrogen-bond acceptors (Lipinski definition) is 5. The number of aromatic nitrogens is 1. The maximum atomic E-state index is 6.06. The number of ether oxygens (including phenoxy) is 4. The number of rotatable bonds is 8. The second-order valence-corrected chi connectivity index (χ2v) is 7.20. The summed E-state index contributed by atoms with van der Waals surface area (Å²) >= 11 is 6.01. The summed E-state index contributed by atoms with van der Waals surface area (Å²) in [5.41, 5.74) is 4.64. The van der Waals surface area contributed by atoms with Crippen LogP contribution in [0, 0.1) is 20.8 Å². The maximum Gasteiger partial charge on any atom is 0.219 e. The molecule has 1 saturated heterocycles. The van der Waals surface area contributed by atoms with Crippen molar-refractivity contribution in [2.24, 2.45) is 0 Å². The van der Waals surface area contributed by atoms with E-state index in [0.717, 1.165) is 33.8 Å². The molecule has 1 aromatic heterocycles. The number of halogens is 1. The third-order valence-electron chi connectivity index (χ3n) is 4.85. The van der Waals surface area contributed by atoms with E-state index in [1.165, 1.54) is 0 Å². The Bertz CT molecular complexity index is 829. The van der Waals surface area contributed by atoms with Gasteiger partial charge in [0.15, 0.2) is 0 Å². The largest absolute Gasteiger partial charge is 0.489 e. The average Bonchev–Trinajstić information content (AvgIpc) is 3.16. The van der Waals surface area contributed by atoms with Crippen molar-refractivity contribution < 1.29 is 18.9 Å². The number of pyridine rings is 1. The summed E-state index contributed by atoms with van der Waals surface area (Å²) < 4.78 is 23.8. The van der Waals surface area contributed by atoms with E-state index in [1.54, 1.807) is 6.08 Å². The third kappa shape index (κ3) is 4.39. The van der Waals surface area contributed by atoms with Gasteiger partial charge in [0.05, 0.1) is 19.8 Å². The molecule has 0 aliphatic carbocycles. The molecule has 5 nitrogen and oxygen atoms in total. The monoisotopic (exact) mass is 403 g/mol. The molecule has 2 aromatic rings. The molecule has 0 bridgehead atoms. The number of nitrogens with zero attached hydrogens (tertiary/aromatic N) is 1. The minimum Gasteiger partial charge on any atom is -0.489 e. The lowest BCUT2D eigenvalue weighted by atomic mass is 10.1. The Kier molecular flexibility index (Phi) is 6.73. The molecule has 0 saturated carbocycles. The molecule has 2 heterocycles. The van der Waals surface area contributed by atoms with Crippen LogP contribution in [0.15, 0.2) is 36.9 Å². The molecule has 3 rings (SSSR count). The van der Waals surface area contributed by atoms with Gasteiger partial charge >= 0.3 is 0 Å². The fourth-order valence-electron chi connectivity index (χ4n) is 3.24. The SMILES string of the molecule is C=CCOc1c(C)c(C)nc(C)c1COCC1(c2ccc(Cl)cc2)OCCO1. The van der Waals surface area contributed by atoms with Crippen molar-refractivity contribution in [2.45, 2.75) is 33.2 Å². The molecular formula is C22H26ClNO4. The number of benzene rings is 1. The highest BCUT2D eigenvalue weighted by Gasteiger charge is 2.39. The molecule has 28 heavy (non-hydrogen) atoms. The molecule has 150 valence electrons. The van der Waals surface area contributed by atoms with Crippen LogP contribution in [-0.2, 0) is 26.6 Å². The molecule has 0 N–H and O–H groups in total. The zero-order chi connectivity index (χ0) is 20.1.